The van der Waals surface area contributed by atoms with Gasteiger partial charge in [-0.1, -0.05) is 42.5 Å². The molecule has 2 aromatic carbocycles. The van der Waals surface area contributed by atoms with Crippen molar-refractivity contribution < 1.29 is 23.9 Å². The molecule has 0 spiro atoms. The third-order valence-corrected chi connectivity index (χ3v) is 7.35. The second kappa shape index (κ2) is 11.0. The van der Waals surface area contributed by atoms with Gasteiger partial charge in [0.1, 0.15) is 5.75 Å². The SMILES string of the molecule is COCCN1C(=O)CC(CC(=O)N2CCCC(c3ccccc3)CC2)(c2cccc(OC)c2)C1=O. The van der Waals surface area contributed by atoms with E-state index >= 15 is 0 Å². The molecule has 2 heterocycles. The van der Waals surface area contributed by atoms with Gasteiger partial charge in [-0.15, -0.1) is 0 Å². The van der Waals surface area contributed by atoms with Crippen LogP contribution in [0.2, 0.25) is 0 Å². The lowest BCUT2D eigenvalue weighted by molar-refractivity contribution is -0.143. The monoisotopic (exact) mass is 478 g/mol. The Morgan fingerprint density at radius 3 is 2.57 bits per heavy atom. The lowest BCUT2D eigenvalue weighted by atomic mass is 9.75. The fraction of sp³-hybridized carbons (Fsp3) is 0.464. The lowest BCUT2D eigenvalue weighted by Crippen LogP contribution is -2.44. The normalized spacial score (nSPS) is 22.9. The van der Waals surface area contributed by atoms with Gasteiger partial charge in [0.05, 0.1) is 25.7 Å². The first kappa shape index (κ1) is 24.9. The topological polar surface area (TPSA) is 76.2 Å². The number of methoxy groups -OCH3 is 2. The quantitative estimate of drug-likeness (QED) is 0.543. The molecule has 0 N–H and O–H groups in total. The molecule has 0 radical (unpaired) electrons. The number of hydrogen-bond donors (Lipinski definition) is 0. The highest BCUT2D eigenvalue weighted by Crippen LogP contribution is 2.41. The molecular formula is C28H34N2O5. The van der Waals surface area contributed by atoms with Crippen molar-refractivity contribution in [2.75, 3.05) is 40.5 Å². The zero-order valence-corrected chi connectivity index (χ0v) is 20.6. The molecule has 2 aliphatic heterocycles. The summed E-state index contributed by atoms with van der Waals surface area (Å²) in [5.41, 5.74) is 0.710. The zero-order chi connectivity index (χ0) is 24.8. The van der Waals surface area contributed by atoms with Gasteiger partial charge in [0.25, 0.3) is 0 Å². The van der Waals surface area contributed by atoms with Crippen LogP contribution in [0.25, 0.3) is 0 Å². The molecule has 2 aliphatic rings. The van der Waals surface area contributed by atoms with Crippen molar-refractivity contribution in [3.8, 4) is 5.75 Å². The number of rotatable bonds is 8. The van der Waals surface area contributed by atoms with Crippen LogP contribution in [0.15, 0.2) is 54.6 Å². The summed E-state index contributed by atoms with van der Waals surface area (Å²) in [5, 5.41) is 0. The molecule has 0 saturated carbocycles. The predicted octanol–water partition coefficient (Wildman–Crippen LogP) is 3.52. The number of hydrogen-bond acceptors (Lipinski definition) is 5. The summed E-state index contributed by atoms with van der Waals surface area (Å²) in [7, 11) is 3.09. The summed E-state index contributed by atoms with van der Waals surface area (Å²) >= 11 is 0. The Hall–Kier alpha value is -3.19. The van der Waals surface area contributed by atoms with Crippen LogP contribution in [0.1, 0.15) is 49.1 Å². The minimum Gasteiger partial charge on any atom is -0.497 e. The molecule has 2 unspecified atom stereocenters. The van der Waals surface area contributed by atoms with Gasteiger partial charge >= 0.3 is 0 Å². The van der Waals surface area contributed by atoms with Gasteiger partial charge in [0.2, 0.25) is 17.7 Å². The highest BCUT2D eigenvalue weighted by atomic mass is 16.5. The van der Waals surface area contributed by atoms with Gasteiger partial charge in [0, 0.05) is 33.0 Å². The zero-order valence-electron chi connectivity index (χ0n) is 20.6. The summed E-state index contributed by atoms with van der Waals surface area (Å²) in [6.07, 6.45) is 2.75. The Kier molecular flexibility index (Phi) is 7.86. The number of carbonyl (C=O) groups excluding carboxylic acids is 3. The van der Waals surface area contributed by atoms with Crippen LogP contribution in [0.5, 0.6) is 5.75 Å². The molecule has 7 nitrogen and oxygen atoms in total. The van der Waals surface area contributed by atoms with E-state index in [1.807, 2.05) is 17.0 Å². The third kappa shape index (κ3) is 5.25. The minimum atomic E-state index is -1.23. The van der Waals surface area contributed by atoms with E-state index in [-0.39, 0.29) is 43.7 Å². The first-order valence-electron chi connectivity index (χ1n) is 12.3. The Morgan fingerprint density at radius 2 is 1.83 bits per heavy atom. The van der Waals surface area contributed by atoms with E-state index in [1.54, 1.807) is 25.3 Å². The molecule has 2 atom stereocenters. The molecule has 0 aliphatic carbocycles. The summed E-state index contributed by atoms with van der Waals surface area (Å²) in [6, 6.07) is 17.6. The van der Waals surface area contributed by atoms with Crippen molar-refractivity contribution in [1.82, 2.24) is 9.80 Å². The predicted molar refractivity (Wildman–Crippen MR) is 132 cm³/mol. The number of imide groups is 1. The summed E-state index contributed by atoms with van der Waals surface area (Å²) in [4.78, 5) is 43.4. The molecule has 4 rings (SSSR count). The molecule has 2 saturated heterocycles. The first-order chi connectivity index (χ1) is 17.0. The minimum absolute atomic E-state index is 0.0328. The van der Waals surface area contributed by atoms with Gasteiger partial charge in [-0.2, -0.15) is 0 Å². The van der Waals surface area contributed by atoms with Crippen molar-refractivity contribution >= 4 is 17.7 Å². The average molecular weight is 479 g/mol. The van der Waals surface area contributed by atoms with Crippen molar-refractivity contribution in [2.24, 2.45) is 0 Å². The largest absolute Gasteiger partial charge is 0.497 e. The van der Waals surface area contributed by atoms with E-state index in [1.165, 1.54) is 17.6 Å². The van der Waals surface area contributed by atoms with Crippen LogP contribution < -0.4 is 4.74 Å². The highest BCUT2D eigenvalue weighted by molar-refractivity contribution is 6.10. The summed E-state index contributed by atoms with van der Waals surface area (Å²) in [6.45, 7) is 1.73. The standard InChI is InChI=1S/C28H34N2O5/c1-34-17-16-30-26(32)20-28(27(30)33,23-11-6-12-24(18-23)35-2)19-25(31)29-14-7-10-22(13-15-29)21-8-4-3-5-9-21/h3-6,8-9,11-12,18,22H,7,10,13-17,19-20H2,1-2H3. The highest BCUT2D eigenvalue weighted by Gasteiger charge is 2.54. The Morgan fingerprint density at radius 1 is 1.03 bits per heavy atom. The fourth-order valence-corrected chi connectivity index (χ4v) is 5.37. The van der Waals surface area contributed by atoms with Gasteiger partial charge in [-0.05, 0) is 48.4 Å². The molecule has 7 heteroatoms. The molecule has 0 bridgehead atoms. The Labute approximate surface area is 207 Å². The van der Waals surface area contributed by atoms with Crippen LogP contribution >= 0.6 is 0 Å². The average Bonchev–Trinajstić information content (AvgIpc) is 3.04. The number of amides is 3. The summed E-state index contributed by atoms with van der Waals surface area (Å²) < 4.78 is 10.5. The lowest BCUT2D eigenvalue weighted by Gasteiger charge is -2.30. The van der Waals surface area contributed by atoms with E-state index in [9.17, 15) is 14.4 Å². The van der Waals surface area contributed by atoms with Crippen LogP contribution in [0, 0.1) is 0 Å². The second-order valence-corrected chi connectivity index (χ2v) is 9.43. The van der Waals surface area contributed by atoms with Crippen LogP contribution in [0.3, 0.4) is 0 Å². The van der Waals surface area contributed by atoms with E-state index in [0.717, 1.165) is 19.3 Å². The maximum Gasteiger partial charge on any atom is 0.240 e. The van der Waals surface area contributed by atoms with E-state index < -0.39 is 5.41 Å². The Balaban J connectivity index is 1.57. The van der Waals surface area contributed by atoms with Gasteiger partial charge < -0.3 is 14.4 Å². The number of carbonyl (C=O) groups is 3. The molecule has 3 amide bonds. The smallest absolute Gasteiger partial charge is 0.240 e. The number of likely N-dealkylation sites (tertiary alicyclic amines) is 2. The molecular weight excluding hydrogens is 444 g/mol. The number of benzene rings is 2. The van der Waals surface area contributed by atoms with Crippen molar-refractivity contribution in [3.05, 3.63) is 65.7 Å². The van der Waals surface area contributed by atoms with Gasteiger partial charge in [-0.3, -0.25) is 19.3 Å². The maximum absolute atomic E-state index is 13.7. The molecule has 35 heavy (non-hydrogen) atoms. The van der Waals surface area contributed by atoms with Crippen LogP contribution in [-0.2, 0) is 24.5 Å². The molecule has 2 fully saturated rings. The van der Waals surface area contributed by atoms with Crippen molar-refractivity contribution in [1.29, 1.82) is 0 Å². The maximum atomic E-state index is 13.7. The van der Waals surface area contributed by atoms with E-state index in [0.29, 0.717) is 30.3 Å². The van der Waals surface area contributed by atoms with Crippen LogP contribution in [0.4, 0.5) is 0 Å². The fourth-order valence-electron chi connectivity index (χ4n) is 5.37. The molecule has 186 valence electrons. The van der Waals surface area contributed by atoms with Crippen molar-refractivity contribution in [3.63, 3.8) is 0 Å². The second-order valence-electron chi connectivity index (χ2n) is 9.43. The number of ether oxygens (including phenoxy) is 2. The number of nitrogens with zero attached hydrogens (tertiary/aromatic N) is 2. The Bertz CT molecular complexity index is 1060. The van der Waals surface area contributed by atoms with Gasteiger partial charge in [-0.25, -0.2) is 0 Å². The summed E-state index contributed by atoms with van der Waals surface area (Å²) in [5.74, 6) is 0.308. The van der Waals surface area contributed by atoms with Gasteiger partial charge in [0.15, 0.2) is 0 Å². The molecule has 0 aromatic heterocycles. The van der Waals surface area contributed by atoms with Crippen molar-refractivity contribution in [2.45, 2.75) is 43.4 Å². The van der Waals surface area contributed by atoms with Crippen LogP contribution in [-0.4, -0.2) is 68.0 Å². The third-order valence-electron chi connectivity index (χ3n) is 7.35. The molecule has 2 aromatic rings. The first-order valence-corrected chi connectivity index (χ1v) is 12.3. The van der Waals surface area contributed by atoms with E-state index in [2.05, 4.69) is 24.3 Å². The van der Waals surface area contributed by atoms with E-state index in [4.69, 9.17) is 9.47 Å².